The second-order valence-electron chi connectivity index (χ2n) is 4.98. The number of nitrogens with one attached hydrogen (secondary N) is 1. The molecule has 0 aromatic heterocycles. The zero-order valence-electron chi connectivity index (χ0n) is 10.0. The molecule has 2 fully saturated rings. The van der Waals surface area contributed by atoms with Gasteiger partial charge in [-0.25, -0.2) is 0 Å². The van der Waals surface area contributed by atoms with Gasteiger partial charge in [0.05, 0.1) is 6.10 Å². The maximum absolute atomic E-state index is 11.8. The number of carbonyl (C=O) groups is 2. The molecule has 96 valence electrons. The first kappa shape index (κ1) is 12.4. The first-order valence-electron chi connectivity index (χ1n) is 6.44. The molecule has 0 spiro atoms. The van der Waals surface area contributed by atoms with Crippen LogP contribution in [0.5, 0.6) is 0 Å². The van der Waals surface area contributed by atoms with Crippen molar-refractivity contribution in [1.82, 2.24) is 10.2 Å². The topological polar surface area (TPSA) is 69.6 Å². The van der Waals surface area contributed by atoms with Crippen molar-refractivity contribution in [3.8, 4) is 0 Å². The van der Waals surface area contributed by atoms with E-state index in [0.29, 0.717) is 25.9 Å². The first-order chi connectivity index (χ1) is 8.16. The van der Waals surface area contributed by atoms with E-state index >= 15 is 0 Å². The highest BCUT2D eigenvalue weighted by molar-refractivity contribution is 6.35. The second-order valence-corrected chi connectivity index (χ2v) is 4.98. The van der Waals surface area contributed by atoms with Crippen LogP contribution >= 0.6 is 0 Å². The lowest BCUT2D eigenvalue weighted by Crippen LogP contribution is -2.49. The lowest BCUT2D eigenvalue weighted by atomic mass is 10.1. The van der Waals surface area contributed by atoms with E-state index in [-0.39, 0.29) is 12.1 Å². The van der Waals surface area contributed by atoms with E-state index in [2.05, 4.69) is 5.32 Å². The van der Waals surface area contributed by atoms with E-state index in [0.717, 1.165) is 25.7 Å². The quantitative estimate of drug-likeness (QED) is 0.635. The van der Waals surface area contributed by atoms with E-state index in [1.54, 1.807) is 0 Å². The van der Waals surface area contributed by atoms with Gasteiger partial charge in [0.2, 0.25) is 0 Å². The van der Waals surface area contributed by atoms with Crippen LogP contribution in [0.4, 0.5) is 0 Å². The molecule has 1 aliphatic heterocycles. The van der Waals surface area contributed by atoms with Gasteiger partial charge in [0.25, 0.3) is 0 Å². The highest BCUT2D eigenvalue weighted by Crippen LogP contribution is 2.17. The Morgan fingerprint density at radius 2 is 1.65 bits per heavy atom. The molecule has 1 saturated carbocycles. The fourth-order valence-corrected chi connectivity index (χ4v) is 2.53. The van der Waals surface area contributed by atoms with Gasteiger partial charge >= 0.3 is 11.8 Å². The Bertz CT molecular complexity index is 292. The van der Waals surface area contributed by atoms with Crippen molar-refractivity contribution in [3.63, 3.8) is 0 Å². The summed E-state index contributed by atoms with van der Waals surface area (Å²) in [6.07, 6.45) is 5.06. The molecule has 1 aliphatic carbocycles. The predicted molar refractivity (Wildman–Crippen MR) is 62.2 cm³/mol. The van der Waals surface area contributed by atoms with Crippen molar-refractivity contribution < 1.29 is 14.7 Å². The molecule has 2 N–H and O–H groups in total. The monoisotopic (exact) mass is 240 g/mol. The fraction of sp³-hybridized carbons (Fsp3) is 0.833. The van der Waals surface area contributed by atoms with Crippen LogP contribution in [0.2, 0.25) is 0 Å². The number of aliphatic hydroxyl groups excluding tert-OH is 1. The summed E-state index contributed by atoms with van der Waals surface area (Å²) >= 11 is 0. The SMILES string of the molecule is O=C(NC1CCCC1)C(=O)N1CCC(O)CC1. The van der Waals surface area contributed by atoms with Crippen LogP contribution in [0.1, 0.15) is 38.5 Å². The Kier molecular flexibility index (Phi) is 3.99. The summed E-state index contributed by atoms with van der Waals surface area (Å²) in [6.45, 7) is 0.968. The Balaban J connectivity index is 1.80. The highest BCUT2D eigenvalue weighted by Gasteiger charge is 2.28. The Morgan fingerprint density at radius 3 is 2.24 bits per heavy atom. The zero-order valence-corrected chi connectivity index (χ0v) is 10.0. The van der Waals surface area contributed by atoms with Gasteiger partial charge < -0.3 is 15.3 Å². The van der Waals surface area contributed by atoms with Crippen LogP contribution in [0.3, 0.4) is 0 Å². The molecule has 0 bridgehead atoms. The fourth-order valence-electron chi connectivity index (χ4n) is 2.53. The second kappa shape index (κ2) is 5.49. The predicted octanol–water partition coefficient (Wildman–Crippen LogP) is 0.0285. The number of rotatable bonds is 1. The van der Waals surface area contributed by atoms with Crippen molar-refractivity contribution in [2.24, 2.45) is 0 Å². The van der Waals surface area contributed by atoms with Crippen molar-refractivity contribution in [3.05, 3.63) is 0 Å². The van der Waals surface area contributed by atoms with Gasteiger partial charge in [-0.1, -0.05) is 12.8 Å². The van der Waals surface area contributed by atoms with Crippen molar-refractivity contribution in [2.45, 2.75) is 50.7 Å². The number of nitrogens with zero attached hydrogens (tertiary/aromatic N) is 1. The van der Waals surface area contributed by atoms with Gasteiger partial charge in [-0.2, -0.15) is 0 Å². The zero-order chi connectivity index (χ0) is 12.3. The molecule has 5 nitrogen and oxygen atoms in total. The molecule has 2 aliphatic rings. The van der Waals surface area contributed by atoms with E-state index in [4.69, 9.17) is 0 Å². The summed E-state index contributed by atoms with van der Waals surface area (Å²) in [5.74, 6) is -0.919. The van der Waals surface area contributed by atoms with Crippen LogP contribution in [0.25, 0.3) is 0 Å². The van der Waals surface area contributed by atoms with Crippen molar-refractivity contribution in [2.75, 3.05) is 13.1 Å². The molecule has 0 aromatic rings. The van der Waals surface area contributed by atoms with Gasteiger partial charge in [0.1, 0.15) is 0 Å². The Hall–Kier alpha value is -1.10. The van der Waals surface area contributed by atoms with Crippen LogP contribution in [-0.4, -0.2) is 47.1 Å². The molecule has 0 radical (unpaired) electrons. The number of amides is 2. The van der Waals surface area contributed by atoms with Crippen LogP contribution < -0.4 is 5.32 Å². The number of hydrogen-bond donors (Lipinski definition) is 2. The van der Waals surface area contributed by atoms with E-state index in [1.165, 1.54) is 4.90 Å². The minimum atomic E-state index is -0.478. The van der Waals surface area contributed by atoms with Crippen LogP contribution in [-0.2, 0) is 9.59 Å². The summed E-state index contributed by atoms with van der Waals surface area (Å²) in [7, 11) is 0. The Labute approximate surface area is 101 Å². The van der Waals surface area contributed by atoms with Crippen molar-refractivity contribution in [1.29, 1.82) is 0 Å². The molecule has 1 heterocycles. The molecular formula is C12H20N2O3. The largest absolute Gasteiger partial charge is 0.393 e. The molecule has 5 heteroatoms. The smallest absolute Gasteiger partial charge is 0.311 e. The minimum absolute atomic E-state index is 0.182. The average Bonchev–Trinajstić information content (AvgIpc) is 2.82. The van der Waals surface area contributed by atoms with E-state index < -0.39 is 11.8 Å². The molecule has 0 unspecified atom stereocenters. The molecule has 2 rings (SSSR count). The third-order valence-electron chi connectivity index (χ3n) is 3.64. The van der Waals surface area contributed by atoms with Gasteiger partial charge in [-0.05, 0) is 25.7 Å². The average molecular weight is 240 g/mol. The van der Waals surface area contributed by atoms with Gasteiger partial charge in [0, 0.05) is 19.1 Å². The minimum Gasteiger partial charge on any atom is -0.393 e. The third kappa shape index (κ3) is 3.19. The number of carbonyl (C=O) groups excluding carboxylic acids is 2. The van der Waals surface area contributed by atoms with Crippen LogP contribution in [0, 0.1) is 0 Å². The molecular weight excluding hydrogens is 220 g/mol. The summed E-state index contributed by atoms with van der Waals surface area (Å²) in [6, 6.07) is 0.182. The first-order valence-corrected chi connectivity index (χ1v) is 6.44. The number of likely N-dealkylation sites (tertiary alicyclic amines) is 1. The van der Waals surface area contributed by atoms with Gasteiger partial charge in [0.15, 0.2) is 0 Å². The molecule has 0 atom stereocenters. The Morgan fingerprint density at radius 1 is 1.06 bits per heavy atom. The normalized spacial score (nSPS) is 22.8. The molecule has 17 heavy (non-hydrogen) atoms. The number of piperidine rings is 1. The highest BCUT2D eigenvalue weighted by atomic mass is 16.3. The maximum atomic E-state index is 11.8. The summed E-state index contributed by atoms with van der Waals surface area (Å²) in [4.78, 5) is 25.1. The molecule has 0 aromatic carbocycles. The van der Waals surface area contributed by atoms with E-state index in [1.807, 2.05) is 0 Å². The maximum Gasteiger partial charge on any atom is 0.311 e. The number of hydrogen-bond acceptors (Lipinski definition) is 3. The summed E-state index contributed by atoms with van der Waals surface area (Å²) in [5.41, 5.74) is 0. The third-order valence-corrected chi connectivity index (χ3v) is 3.64. The molecule has 2 amide bonds. The lowest BCUT2D eigenvalue weighted by molar-refractivity contribution is -0.147. The van der Waals surface area contributed by atoms with Gasteiger partial charge in [-0.15, -0.1) is 0 Å². The van der Waals surface area contributed by atoms with Gasteiger partial charge in [-0.3, -0.25) is 9.59 Å². The lowest BCUT2D eigenvalue weighted by Gasteiger charge is -2.29. The summed E-state index contributed by atoms with van der Waals surface area (Å²) < 4.78 is 0. The van der Waals surface area contributed by atoms with Crippen LogP contribution in [0.15, 0.2) is 0 Å². The van der Waals surface area contributed by atoms with Crippen molar-refractivity contribution >= 4 is 11.8 Å². The summed E-state index contributed by atoms with van der Waals surface area (Å²) in [5, 5.41) is 12.1. The molecule has 1 saturated heterocycles. The number of aliphatic hydroxyl groups is 1. The van der Waals surface area contributed by atoms with E-state index in [9.17, 15) is 14.7 Å². The standard InChI is InChI=1S/C12H20N2O3/c15-10-5-7-14(8-6-10)12(17)11(16)13-9-3-1-2-4-9/h9-10,15H,1-8H2,(H,13,16).